The van der Waals surface area contributed by atoms with Gasteiger partial charge in [0.15, 0.2) is 11.5 Å². The van der Waals surface area contributed by atoms with Crippen molar-refractivity contribution in [2.45, 2.75) is 33.2 Å². The van der Waals surface area contributed by atoms with Crippen LogP contribution in [0.1, 0.15) is 43.0 Å². The number of ketones is 1. The summed E-state index contributed by atoms with van der Waals surface area (Å²) in [5, 5.41) is 21.8. The second kappa shape index (κ2) is 10.5. The number of aromatic hydroxyl groups is 1. The van der Waals surface area contributed by atoms with Gasteiger partial charge in [-0.3, -0.25) is 14.5 Å². The predicted octanol–water partition coefficient (Wildman–Crippen LogP) is 5.39. The van der Waals surface area contributed by atoms with Crippen LogP contribution in [0.2, 0.25) is 0 Å². The van der Waals surface area contributed by atoms with E-state index < -0.39 is 17.7 Å². The van der Waals surface area contributed by atoms with E-state index in [1.165, 1.54) is 11.0 Å². The molecule has 1 amide bonds. The van der Waals surface area contributed by atoms with Crippen molar-refractivity contribution >= 4 is 34.4 Å². The van der Waals surface area contributed by atoms with E-state index in [-0.39, 0.29) is 28.8 Å². The number of aliphatic hydroxyl groups is 1. The number of aliphatic hydroxyl groups excluding tert-OH is 1. The standard InChI is InChI=1S/C30H29N3O6/c1-4-14-39-23-13-11-19(15-17(23)3)27(35)25-26(18-10-12-22(34)24(16-18)38-5-2)33(29(37)28(25)36)30-31-20-8-6-7-9-21(20)32-30/h6-13,15-16,26,34-35H,4-5,14H2,1-3H3,(H,31,32)/b27-25+. The third kappa shape index (κ3) is 4.67. The van der Waals surface area contributed by atoms with Gasteiger partial charge >= 0.3 is 5.91 Å². The van der Waals surface area contributed by atoms with Gasteiger partial charge in [0.2, 0.25) is 5.95 Å². The number of carbonyl (C=O) groups is 2. The number of hydrogen-bond acceptors (Lipinski definition) is 7. The third-order valence-corrected chi connectivity index (χ3v) is 6.56. The lowest BCUT2D eigenvalue weighted by molar-refractivity contribution is -0.132. The minimum absolute atomic E-state index is 0.0837. The van der Waals surface area contributed by atoms with Crippen molar-refractivity contribution in [3.05, 3.63) is 82.9 Å². The molecular weight excluding hydrogens is 498 g/mol. The SMILES string of the molecule is CCCOc1ccc(/C(O)=C2\C(=O)C(=O)N(c3nc4ccccc4[nH]3)C2c2ccc(O)c(OCC)c2)cc1C. The van der Waals surface area contributed by atoms with E-state index in [1.54, 1.807) is 43.3 Å². The van der Waals surface area contributed by atoms with Gasteiger partial charge in [0, 0.05) is 5.56 Å². The number of phenolic OH excluding ortho intramolecular Hbond substituents is 1. The number of ether oxygens (including phenoxy) is 2. The summed E-state index contributed by atoms with van der Waals surface area (Å²) >= 11 is 0. The van der Waals surface area contributed by atoms with Crippen LogP contribution in [0.15, 0.2) is 66.2 Å². The number of aromatic amines is 1. The molecule has 9 heteroatoms. The van der Waals surface area contributed by atoms with Crippen molar-refractivity contribution in [2.75, 3.05) is 18.1 Å². The number of fused-ring (bicyclic) bond motifs is 1. The molecule has 0 aliphatic carbocycles. The molecule has 5 rings (SSSR count). The van der Waals surface area contributed by atoms with Gasteiger partial charge in [0.25, 0.3) is 5.78 Å². The molecule has 0 bridgehead atoms. The Labute approximate surface area is 225 Å². The molecule has 1 aliphatic rings. The molecule has 1 aliphatic heterocycles. The second-order valence-corrected chi connectivity index (χ2v) is 9.24. The van der Waals surface area contributed by atoms with Crippen LogP contribution in [0.5, 0.6) is 17.2 Å². The monoisotopic (exact) mass is 527 g/mol. The number of H-pyrrole nitrogens is 1. The molecule has 3 aromatic carbocycles. The Balaban J connectivity index is 1.69. The van der Waals surface area contributed by atoms with Crippen LogP contribution in [0.3, 0.4) is 0 Å². The lowest BCUT2D eigenvalue weighted by Gasteiger charge is -2.23. The van der Waals surface area contributed by atoms with Crippen molar-refractivity contribution in [1.29, 1.82) is 0 Å². The summed E-state index contributed by atoms with van der Waals surface area (Å²) in [5.41, 5.74) is 2.80. The van der Waals surface area contributed by atoms with E-state index in [9.17, 15) is 19.8 Å². The Morgan fingerprint density at radius 3 is 2.54 bits per heavy atom. The van der Waals surface area contributed by atoms with E-state index in [2.05, 4.69) is 9.97 Å². The highest BCUT2D eigenvalue weighted by atomic mass is 16.5. The first-order valence-electron chi connectivity index (χ1n) is 12.8. The van der Waals surface area contributed by atoms with Crippen LogP contribution in [0.25, 0.3) is 16.8 Å². The molecule has 39 heavy (non-hydrogen) atoms. The maximum atomic E-state index is 13.5. The van der Waals surface area contributed by atoms with Crippen LogP contribution in [-0.2, 0) is 9.59 Å². The van der Waals surface area contributed by atoms with Crippen molar-refractivity contribution in [2.24, 2.45) is 0 Å². The average Bonchev–Trinajstić information content (AvgIpc) is 3.47. The van der Waals surface area contributed by atoms with Gasteiger partial charge in [0.1, 0.15) is 11.5 Å². The van der Waals surface area contributed by atoms with E-state index in [1.807, 2.05) is 32.0 Å². The number of anilines is 1. The number of amides is 1. The number of carbonyl (C=O) groups excluding carboxylic acids is 2. The molecule has 1 saturated heterocycles. The van der Waals surface area contributed by atoms with Crippen LogP contribution in [-0.4, -0.2) is 45.1 Å². The number of nitrogens with one attached hydrogen (secondary N) is 1. The first-order valence-corrected chi connectivity index (χ1v) is 12.8. The predicted molar refractivity (Wildman–Crippen MR) is 147 cm³/mol. The average molecular weight is 528 g/mol. The molecule has 1 aromatic heterocycles. The van der Waals surface area contributed by atoms with E-state index in [0.29, 0.717) is 41.1 Å². The zero-order chi connectivity index (χ0) is 27.7. The Morgan fingerprint density at radius 1 is 1.03 bits per heavy atom. The largest absolute Gasteiger partial charge is 0.507 e. The highest BCUT2D eigenvalue weighted by molar-refractivity contribution is 6.51. The molecule has 1 fully saturated rings. The number of nitrogens with zero attached hydrogens (tertiary/aromatic N) is 2. The van der Waals surface area contributed by atoms with Crippen LogP contribution < -0.4 is 14.4 Å². The molecule has 1 atom stereocenters. The van der Waals surface area contributed by atoms with Crippen molar-refractivity contribution in [3.63, 3.8) is 0 Å². The molecule has 9 nitrogen and oxygen atoms in total. The number of rotatable bonds is 8. The number of hydrogen-bond donors (Lipinski definition) is 3. The Bertz CT molecular complexity index is 1570. The van der Waals surface area contributed by atoms with E-state index in [0.717, 1.165) is 12.0 Å². The van der Waals surface area contributed by atoms with Crippen LogP contribution in [0.4, 0.5) is 5.95 Å². The molecule has 0 saturated carbocycles. The summed E-state index contributed by atoms with van der Waals surface area (Å²) in [6.07, 6.45) is 0.850. The fraction of sp³-hybridized carbons (Fsp3) is 0.233. The number of aryl methyl sites for hydroxylation is 1. The van der Waals surface area contributed by atoms with Gasteiger partial charge < -0.3 is 24.7 Å². The molecular formula is C30H29N3O6. The maximum Gasteiger partial charge on any atom is 0.302 e. The van der Waals surface area contributed by atoms with Gasteiger partial charge in [-0.2, -0.15) is 0 Å². The summed E-state index contributed by atoms with van der Waals surface area (Å²) in [6, 6.07) is 15.9. The number of para-hydroxylation sites is 2. The Kier molecular flexibility index (Phi) is 6.98. The Morgan fingerprint density at radius 2 is 1.82 bits per heavy atom. The zero-order valence-corrected chi connectivity index (χ0v) is 21.9. The van der Waals surface area contributed by atoms with E-state index in [4.69, 9.17) is 9.47 Å². The van der Waals surface area contributed by atoms with Crippen molar-refractivity contribution in [3.8, 4) is 17.2 Å². The minimum Gasteiger partial charge on any atom is -0.507 e. The summed E-state index contributed by atoms with van der Waals surface area (Å²) in [7, 11) is 0. The third-order valence-electron chi connectivity index (χ3n) is 6.56. The second-order valence-electron chi connectivity index (χ2n) is 9.24. The Hall–Kier alpha value is -4.79. The fourth-order valence-electron chi connectivity index (χ4n) is 4.72. The lowest BCUT2D eigenvalue weighted by atomic mass is 9.94. The quantitative estimate of drug-likeness (QED) is 0.159. The first kappa shape index (κ1) is 25.8. The molecule has 0 radical (unpaired) electrons. The van der Waals surface area contributed by atoms with Gasteiger partial charge in [-0.1, -0.05) is 25.1 Å². The minimum atomic E-state index is -1.04. The summed E-state index contributed by atoms with van der Waals surface area (Å²) in [6.45, 7) is 6.49. The molecule has 0 spiro atoms. The smallest absolute Gasteiger partial charge is 0.302 e. The summed E-state index contributed by atoms with van der Waals surface area (Å²) < 4.78 is 11.3. The normalized spacial score (nSPS) is 16.7. The number of aromatic nitrogens is 2. The molecule has 200 valence electrons. The molecule has 1 unspecified atom stereocenters. The number of phenols is 1. The van der Waals surface area contributed by atoms with Crippen LogP contribution in [0, 0.1) is 6.92 Å². The molecule has 4 aromatic rings. The van der Waals surface area contributed by atoms with Gasteiger partial charge in [-0.05, 0) is 73.9 Å². The topological polar surface area (TPSA) is 125 Å². The van der Waals surface area contributed by atoms with Gasteiger partial charge in [0.05, 0.1) is 35.9 Å². The zero-order valence-electron chi connectivity index (χ0n) is 21.9. The number of imidazole rings is 1. The van der Waals surface area contributed by atoms with E-state index >= 15 is 0 Å². The highest BCUT2D eigenvalue weighted by Crippen LogP contribution is 2.44. The lowest BCUT2D eigenvalue weighted by Crippen LogP contribution is -2.30. The fourth-order valence-corrected chi connectivity index (χ4v) is 4.72. The summed E-state index contributed by atoms with van der Waals surface area (Å²) in [5.74, 6) is -1.08. The van der Waals surface area contributed by atoms with Crippen molar-refractivity contribution in [1.82, 2.24) is 9.97 Å². The molecule has 3 N–H and O–H groups in total. The summed E-state index contributed by atoms with van der Waals surface area (Å²) in [4.78, 5) is 35.9. The van der Waals surface area contributed by atoms with Crippen molar-refractivity contribution < 1.29 is 29.3 Å². The molecule has 2 heterocycles. The maximum absolute atomic E-state index is 13.5. The first-order chi connectivity index (χ1) is 18.8. The highest BCUT2D eigenvalue weighted by Gasteiger charge is 2.48. The number of Topliss-reactive ketones (excluding diaryl/α,β-unsaturated/α-hetero) is 1. The van der Waals surface area contributed by atoms with Gasteiger partial charge in [-0.15, -0.1) is 0 Å². The van der Waals surface area contributed by atoms with Crippen LogP contribution >= 0.6 is 0 Å². The number of benzene rings is 3. The van der Waals surface area contributed by atoms with Gasteiger partial charge in [-0.25, -0.2) is 4.98 Å².